The molecule has 0 radical (unpaired) electrons. The first-order chi connectivity index (χ1) is 9.45. The maximum absolute atomic E-state index is 11.7. The highest BCUT2D eigenvalue weighted by Gasteiger charge is 2.32. The zero-order valence-corrected chi connectivity index (χ0v) is 12.1. The van der Waals surface area contributed by atoms with Gasteiger partial charge in [-0.2, -0.15) is 4.31 Å². The number of carbonyl (C=O) groups excluding carboxylic acids is 1. The molecule has 2 heterocycles. The summed E-state index contributed by atoms with van der Waals surface area (Å²) in [5, 5.41) is 2.91. The number of hydrogen-bond donors (Lipinski definition) is 1. The monoisotopic (exact) mass is 298 g/mol. The van der Waals surface area contributed by atoms with Crippen molar-refractivity contribution in [3.05, 3.63) is 18.2 Å². The molecule has 0 spiro atoms. The molecular formula is C12H18N4O3S. The summed E-state index contributed by atoms with van der Waals surface area (Å²) in [5.41, 5.74) is 0.854. The minimum Gasteiger partial charge on any atom is -0.354 e. The lowest BCUT2D eigenvalue weighted by molar-refractivity contribution is -0.122. The van der Waals surface area contributed by atoms with Crippen molar-refractivity contribution in [3.8, 4) is 0 Å². The molecule has 7 nitrogen and oxygen atoms in total. The molecule has 1 saturated carbocycles. The summed E-state index contributed by atoms with van der Waals surface area (Å²) in [7, 11) is -3.24. The van der Waals surface area contributed by atoms with Crippen LogP contribution in [0.4, 0.5) is 0 Å². The molecule has 2 aliphatic rings. The number of nitrogens with one attached hydrogen (secondary N) is 1. The van der Waals surface area contributed by atoms with E-state index >= 15 is 0 Å². The molecule has 1 aromatic rings. The minimum absolute atomic E-state index is 0.0724. The Morgan fingerprint density at radius 2 is 2.25 bits per heavy atom. The van der Waals surface area contributed by atoms with Crippen molar-refractivity contribution >= 4 is 15.9 Å². The molecule has 3 rings (SSSR count). The van der Waals surface area contributed by atoms with Crippen molar-refractivity contribution in [1.82, 2.24) is 19.2 Å². The van der Waals surface area contributed by atoms with Crippen molar-refractivity contribution in [2.75, 3.05) is 19.3 Å². The first-order valence-electron chi connectivity index (χ1n) is 6.68. The maximum atomic E-state index is 11.7. The molecule has 1 atom stereocenters. The second-order valence-electron chi connectivity index (χ2n) is 5.52. The molecule has 1 aliphatic heterocycles. The van der Waals surface area contributed by atoms with Crippen molar-refractivity contribution in [2.45, 2.75) is 25.4 Å². The van der Waals surface area contributed by atoms with Gasteiger partial charge in [0, 0.05) is 25.2 Å². The van der Waals surface area contributed by atoms with E-state index in [1.807, 2.05) is 4.57 Å². The molecule has 8 heteroatoms. The summed E-state index contributed by atoms with van der Waals surface area (Å²) in [6.45, 7) is 1.14. The van der Waals surface area contributed by atoms with Crippen molar-refractivity contribution in [1.29, 1.82) is 0 Å². The molecule has 1 aromatic heterocycles. The summed E-state index contributed by atoms with van der Waals surface area (Å²) in [6.07, 6.45) is 6.50. The normalized spacial score (nSPS) is 23.4. The Balaban J connectivity index is 1.73. The number of imidazole rings is 1. The van der Waals surface area contributed by atoms with Gasteiger partial charge in [0.2, 0.25) is 15.9 Å². The molecule has 1 aliphatic carbocycles. The van der Waals surface area contributed by atoms with Crippen LogP contribution in [0.15, 0.2) is 12.5 Å². The number of sulfonamides is 1. The number of amides is 1. The molecule has 110 valence electrons. The predicted molar refractivity (Wildman–Crippen MR) is 72.3 cm³/mol. The van der Waals surface area contributed by atoms with Crippen LogP contribution in [0, 0.1) is 5.92 Å². The zero-order chi connectivity index (χ0) is 14.3. The third-order valence-corrected chi connectivity index (χ3v) is 5.04. The Morgan fingerprint density at radius 1 is 1.50 bits per heavy atom. The Bertz CT molecular complexity index is 620. The summed E-state index contributed by atoms with van der Waals surface area (Å²) in [6, 6.07) is -0.0984. The number of nitrogens with zero attached hydrogens (tertiary/aromatic N) is 3. The van der Waals surface area contributed by atoms with Crippen molar-refractivity contribution < 1.29 is 13.2 Å². The van der Waals surface area contributed by atoms with Crippen LogP contribution in [0.5, 0.6) is 0 Å². The Hall–Kier alpha value is -1.41. The van der Waals surface area contributed by atoms with Gasteiger partial charge in [0.25, 0.3) is 0 Å². The van der Waals surface area contributed by atoms with Crippen LogP contribution >= 0.6 is 0 Å². The largest absolute Gasteiger partial charge is 0.354 e. The quantitative estimate of drug-likeness (QED) is 0.829. The van der Waals surface area contributed by atoms with E-state index in [4.69, 9.17) is 0 Å². The van der Waals surface area contributed by atoms with Crippen molar-refractivity contribution in [3.63, 3.8) is 0 Å². The number of carbonyl (C=O) groups is 1. The van der Waals surface area contributed by atoms with Gasteiger partial charge in [0.05, 0.1) is 30.9 Å². The number of rotatable bonds is 4. The second kappa shape index (κ2) is 4.85. The standard InChI is InChI=1S/C12H18N4O3S/c1-20(18,19)15-6-10-4-13-8-16(10)11(7-15)5-14-12(17)9-2-3-9/h4,8-9,11H,2-3,5-7H2,1H3,(H,14,17). The van der Waals surface area contributed by atoms with Crippen LogP contribution < -0.4 is 5.32 Å². The van der Waals surface area contributed by atoms with E-state index in [0.29, 0.717) is 19.6 Å². The molecule has 0 aromatic carbocycles. The lowest BCUT2D eigenvalue weighted by Crippen LogP contribution is -2.44. The third kappa shape index (κ3) is 2.71. The van der Waals surface area contributed by atoms with Gasteiger partial charge in [-0.25, -0.2) is 13.4 Å². The summed E-state index contributed by atoms with van der Waals surface area (Å²) in [5.74, 6) is 0.231. The van der Waals surface area contributed by atoms with Gasteiger partial charge in [-0.1, -0.05) is 0 Å². The van der Waals surface area contributed by atoms with E-state index in [0.717, 1.165) is 18.5 Å². The van der Waals surface area contributed by atoms with Gasteiger partial charge in [-0.15, -0.1) is 0 Å². The second-order valence-corrected chi connectivity index (χ2v) is 7.50. The average molecular weight is 298 g/mol. The third-order valence-electron chi connectivity index (χ3n) is 3.82. The zero-order valence-electron chi connectivity index (χ0n) is 11.3. The lowest BCUT2D eigenvalue weighted by Gasteiger charge is -2.33. The van der Waals surface area contributed by atoms with E-state index in [-0.39, 0.29) is 17.9 Å². The lowest BCUT2D eigenvalue weighted by atomic mass is 10.2. The van der Waals surface area contributed by atoms with Gasteiger partial charge in [-0.3, -0.25) is 4.79 Å². The van der Waals surface area contributed by atoms with E-state index in [2.05, 4.69) is 10.3 Å². The highest BCUT2D eigenvalue weighted by Crippen LogP contribution is 2.29. The van der Waals surface area contributed by atoms with Gasteiger partial charge < -0.3 is 9.88 Å². The van der Waals surface area contributed by atoms with E-state index in [1.54, 1.807) is 12.5 Å². The number of aromatic nitrogens is 2. The SMILES string of the molecule is CS(=O)(=O)N1Cc2cncn2C(CNC(=O)C2CC2)C1. The van der Waals surface area contributed by atoms with E-state index in [9.17, 15) is 13.2 Å². The fraction of sp³-hybridized carbons (Fsp3) is 0.667. The minimum atomic E-state index is -3.24. The van der Waals surface area contributed by atoms with Crippen LogP contribution in [-0.2, 0) is 21.4 Å². The van der Waals surface area contributed by atoms with Crippen LogP contribution in [0.2, 0.25) is 0 Å². The molecule has 1 N–H and O–H groups in total. The summed E-state index contributed by atoms with van der Waals surface area (Å²) in [4.78, 5) is 15.8. The average Bonchev–Trinajstić information content (AvgIpc) is 3.12. The van der Waals surface area contributed by atoms with Crippen LogP contribution in [-0.4, -0.2) is 47.5 Å². The summed E-state index contributed by atoms with van der Waals surface area (Å²) < 4.78 is 26.8. The van der Waals surface area contributed by atoms with Crippen LogP contribution in [0.3, 0.4) is 0 Å². The van der Waals surface area contributed by atoms with Gasteiger partial charge >= 0.3 is 0 Å². The molecular weight excluding hydrogens is 280 g/mol. The highest BCUT2D eigenvalue weighted by atomic mass is 32.2. The highest BCUT2D eigenvalue weighted by molar-refractivity contribution is 7.88. The molecule has 1 amide bonds. The Morgan fingerprint density at radius 3 is 2.90 bits per heavy atom. The smallest absolute Gasteiger partial charge is 0.223 e. The molecule has 1 fully saturated rings. The fourth-order valence-corrected chi connectivity index (χ4v) is 3.28. The molecule has 0 saturated heterocycles. The molecule has 1 unspecified atom stereocenters. The molecule has 0 bridgehead atoms. The van der Waals surface area contributed by atoms with E-state index < -0.39 is 10.0 Å². The maximum Gasteiger partial charge on any atom is 0.223 e. The van der Waals surface area contributed by atoms with Gasteiger partial charge in [0.15, 0.2) is 0 Å². The first kappa shape index (κ1) is 13.6. The van der Waals surface area contributed by atoms with Crippen LogP contribution in [0.1, 0.15) is 24.6 Å². The van der Waals surface area contributed by atoms with Gasteiger partial charge in [-0.05, 0) is 12.8 Å². The Labute approximate surface area is 118 Å². The summed E-state index contributed by atoms with van der Waals surface area (Å²) >= 11 is 0. The Kier molecular flexibility index (Phi) is 3.29. The van der Waals surface area contributed by atoms with E-state index in [1.165, 1.54) is 10.6 Å². The fourth-order valence-electron chi connectivity index (χ4n) is 2.48. The number of hydrogen-bond acceptors (Lipinski definition) is 4. The topological polar surface area (TPSA) is 84.3 Å². The molecule has 20 heavy (non-hydrogen) atoms. The van der Waals surface area contributed by atoms with Gasteiger partial charge in [0.1, 0.15) is 0 Å². The first-order valence-corrected chi connectivity index (χ1v) is 8.53. The number of fused-ring (bicyclic) bond motifs is 1. The van der Waals surface area contributed by atoms with Crippen molar-refractivity contribution in [2.24, 2.45) is 5.92 Å². The predicted octanol–water partition coefficient (Wildman–Crippen LogP) is -0.274. The van der Waals surface area contributed by atoms with Crippen LogP contribution in [0.25, 0.3) is 0 Å².